The van der Waals surface area contributed by atoms with Gasteiger partial charge in [-0.05, 0) is 30.3 Å². The highest BCUT2D eigenvalue weighted by atomic mass is 19.1. The SMILES string of the molecule is Nc1cc(F)cc(NCc2ccco2)c1. The maximum atomic E-state index is 13.0. The molecule has 0 unspecified atom stereocenters. The van der Waals surface area contributed by atoms with Gasteiger partial charge in [0.1, 0.15) is 11.6 Å². The lowest BCUT2D eigenvalue weighted by molar-refractivity contribution is 0.518. The molecule has 3 nitrogen and oxygen atoms in total. The first kappa shape index (κ1) is 9.58. The molecule has 0 bridgehead atoms. The largest absolute Gasteiger partial charge is 0.467 e. The Morgan fingerprint density at radius 2 is 2.20 bits per heavy atom. The van der Waals surface area contributed by atoms with Crippen LogP contribution >= 0.6 is 0 Å². The third-order valence-electron chi connectivity index (χ3n) is 1.97. The van der Waals surface area contributed by atoms with Gasteiger partial charge in [-0.3, -0.25) is 0 Å². The Morgan fingerprint density at radius 1 is 1.33 bits per heavy atom. The molecule has 3 N–H and O–H groups in total. The molecule has 1 aromatic heterocycles. The summed E-state index contributed by atoms with van der Waals surface area (Å²) in [6.07, 6.45) is 1.59. The number of nitrogens with two attached hydrogens (primary N) is 1. The van der Waals surface area contributed by atoms with Crippen LogP contribution in [-0.4, -0.2) is 0 Å². The molecule has 0 spiro atoms. The molecule has 0 atom stereocenters. The Labute approximate surface area is 86.7 Å². The van der Waals surface area contributed by atoms with E-state index in [-0.39, 0.29) is 5.82 Å². The second-order valence-corrected chi connectivity index (χ2v) is 3.21. The van der Waals surface area contributed by atoms with Gasteiger partial charge in [0, 0.05) is 11.4 Å². The molecule has 0 aliphatic carbocycles. The van der Waals surface area contributed by atoms with Crippen molar-refractivity contribution in [2.24, 2.45) is 0 Å². The van der Waals surface area contributed by atoms with Crippen molar-refractivity contribution in [3.05, 3.63) is 48.2 Å². The van der Waals surface area contributed by atoms with Gasteiger partial charge in [0.05, 0.1) is 12.8 Å². The van der Waals surface area contributed by atoms with Gasteiger partial charge in [-0.25, -0.2) is 4.39 Å². The van der Waals surface area contributed by atoms with E-state index in [4.69, 9.17) is 10.2 Å². The molecule has 2 aromatic rings. The highest BCUT2D eigenvalue weighted by Crippen LogP contribution is 2.16. The molecule has 2 rings (SSSR count). The Bertz CT molecular complexity index is 420. The molecular weight excluding hydrogens is 195 g/mol. The minimum atomic E-state index is -0.350. The Balaban J connectivity index is 2.05. The molecule has 1 heterocycles. The lowest BCUT2D eigenvalue weighted by atomic mass is 10.2. The average molecular weight is 206 g/mol. The summed E-state index contributed by atoms with van der Waals surface area (Å²) in [6, 6.07) is 7.98. The molecule has 4 heteroatoms. The van der Waals surface area contributed by atoms with Crippen molar-refractivity contribution in [3.63, 3.8) is 0 Å². The summed E-state index contributed by atoms with van der Waals surface area (Å²) in [5, 5.41) is 3.01. The lowest BCUT2D eigenvalue weighted by Crippen LogP contribution is -1.99. The van der Waals surface area contributed by atoms with Crippen molar-refractivity contribution in [2.45, 2.75) is 6.54 Å². The van der Waals surface area contributed by atoms with Crippen LogP contribution in [0, 0.1) is 5.82 Å². The first-order chi connectivity index (χ1) is 7.24. The van der Waals surface area contributed by atoms with Crippen molar-refractivity contribution in [1.29, 1.82) is 0 Å². The number of hydrogen-bond acceptors (Lipinski definition) is 3. The molecule has 78 valence electrons. The predicted molar refractivity (Wildman–Crippen MR) is 56.8 cm³/mol. The first-order valence-electron chi connectivity index (χ1n) is 4.56. The van der Waals surface area contributed by atoms with Crippen molar-refractivity contribution in [2.75, 3.05) is 11.1 Å². The van der Waals surface area contributed by atoms with Crippen LogP contribution in [0.3, 0.4) is 0 Å². The molecule has 1 aromatic carbocycles. The van der Waals surface area contributed by atoms with E-state index in [1.54, 1.807) is 18.4 Å². The van der Waals surface area contributed by atoms with E-state index in [0.717, 1.165) is 5.76 Å². The second kappa shape index (κ2) is 4.04. The smallest absolute Gasteiger partial charge is 0.127 e. The quantitative estimate of drug-likeness (QED) is 0.759. The summed E-state index contributed by atoms with van der Waals surface area (Å²) in [4.78, 5) is 0. The summed E-state index contributed by atoms with van der Waals surface area (Å²) in [5.41, 5.74) is 6.55. The van der Waals surface area contributed by atoms with E-state index >= 15 is 0 Å². The normalized spacial score (nSPS) is 10.2. The number of rotatable bonds is 3. The number of anilines is 2. The molecule has 0 saturated heterocycles. The Kier molecular flexibility index (Phi) is 2.58. The van der Waals surface area contributed by atoms with Gasteiger partial charge in [0.2, 0.25) is 0 Å². The molecule has 0 radical (unpaired) electrons. The van der Waals surface area contributed by atoms with Crippen LogP contribution in [0.1, 0.15) is 5.76 Å². The zero-order valence-corrected chi connectivity index (χ0v) is 8.03. The Hall–Kier alpha value is -1.97. The molecule has 0 aliphatic rings. The average Bonchev–Trinajstić information content (AvgIpc) is 2.65. The van der Waals surface area contributed by atoms with Crippen molar-refractivity contribution < 1.29 is 8.81 Å². The van der Waals surface area contributed by atoms with Crippen LogP contribution in [0.4, 0.5) is 15.8 Å². The van der Waals surface area contributed by atoms with Crippen LogP contribution in [-0.2, 0) is 6.54 Å². The predicted octanol–water partition coefficient (Wildman–Crippen LogP) is 2.61. The zero-order chi connectivity index (χ0) is 10.7. The molecule has 0 fully saturated rings. The second-order valence-electron chi connectivity index (χ2n) is 3.21. The number of benzene rings is 1. The van der Waals surface area contributed by atoms with Gasteiger partial charge in [-0.2, -0.15) is 0 Å². The number of halogens is 1. The minimum Gasteiger partial charge on any atom is -0.467 e. The van der Waals surface area contributed by atoms with Crippen LogP contribution in [0.2, 0.25) is 0 Å². The summed E-state index contributed by atoms with van der Waals surface area (Å²) in [5.74, 6) is 0.440. The fraction of sp³-hybridized carbons (Fsp3) is 0.0909. The summed E-state index contributed by atoms with van der Waals surface area (Å²) >= 11 is 0. The van der Waals surface area contributed by atoms with Crippen LogP contribution in [0.15, 0.2) is 41.0 Å². The van der Waals surface area contributed by atoms with E-state index in [1.807, 2.05) is 6.07 Å². The van der Waals surface area contributed by atoms with E-state index in [1.165, 1.54) is 12.1 Å². The van der Waals surface area contributed by atoms with Gasteiger partial charge in [0.15, 0.2) is 0 Å². The van der Waals surface area contributed by atoms with Crippen LogP contribution in [0.25, 0.3) is 0 Å². The monoisotopic (exact) mass is 206 g/mol. The van der Waals surface area contributed by atoms with E-state index in [2.05, 4.69) is 5.32 Å². The van der Waals surface area contributed by atoms with Crippen molar-refractivity contribution in [3.8, 4) is 0 Å². The molecule has 15 heavy (non-hydrogen) atoms. The van der Waals surface area contributed by atoms with E-state index in [0.29, 0.717) is 17.9 Å². The Morgan fingerprint density at radius 3 is 2.87 bits per heavy atom. The third kappa shape index (κ3) is 2.49. The topological polar surface area (TPSA) is 51.2 Å². The van der Waals surface area contributed by atoms with Crippen molar-refractivity contribution in [1.82, 2.24) is 0 Å². The van der Waals surface area contributed by atoms with Gasteiger partial charge >= 0.3 is 0 Å². The highest BCUT2D eigenvalue weighted by molar-refractivity contribution is 5.54. The third-order valence-corrected chi connectivity index (χ3v) is 1.97. The van der Waals surface area contributed by atoms with E-state index < -0.39 is 0 Å². The van der Waals surface area contributed by atoms with Crippen LogP contribution < -0.4 is 11.1 Å². The molecule has 0 saturated carbocycles. The van der Waals surface area contributed by atoms with Gasteiger partial charge in [-0.1, -0.05) is 0 Å². The lowest BCUT2D eigenvalue weighted by Gasteiger charge is -2.05. The minimum absolute atomic E-state index is 0.350. The van der Waals surface area contributed by atoms with Gasteiger partial charge in [0.25, 0.3) is 0 Å². The molecule has 0 amide bonds. The first-order valence-corrected chi connectivity index (χ1v) is 4.56. The maximum absolute atomic E-state index is 13.0. The van der Waals surface area contributed by atoms with Crippen molar-refractivity contribution >= 4 is 11.4 Å². The van der Waals surface area contributed by atoms with Gasteiger partial charge in [-0.15, -0.1) is 0 Å². The fourth-order valence-corrected chi connectivity index (χ4v) is 1.32. The highest BCUT2D eigenvalue weighted by Gasteiger charge is 1.99. The van der Waals surface area contributed by atoms with Crippen LogP contribution in [0.5, 0.6) is 0 Å². The van der Waals surface area contributed by atoms with Gasteiger partial charge < -0.3 is 15.5 Å². The molecule has 0 aliphatic heterocycles. The number of nitrogen functional groups attached to an aromatic ring is 1. The van der Waals surface area contributed by atoms with E-state index in [9.17, 15) is 4.39 Å². The summed E-state index contributed by atoms with van der Waals surface area (Å²) in [7, 11) is 0. The maximum Gasteiger partial charge on any atom is 0.127 e. The fourth-order valence-electron chi connectivity index (χ4n) is 1.32. The summed E-state index contributed by atoms with van der Waals surface area (Å²) in [6.45, 7) is 0.510. The molecular formula is C11H11FN2O. The standard InChI is InChI=1S/C11H11FN2O/c12-8-4-9(13)6-10(5-8)14-7-11-2-1-3-15-11/h1-6,14H,7,13H2. The number of furan rings is 1. The zero-order valence-electron chi connectivity index (χ0n) is 8.03. The number of nitrogens with one attached hydrogen (secondary N) is 1. The number of hydrogen-bond donors (Lipinski definition) is 2. The summed E-state index contributed by atoms with van der Waals surface area (Å²) < 4.78 is 18.1.